The van der Waals surface area contributed by atoms with Gasteiger partial charge in [0.25, 0.3) is 0 Å². The van der Waals surface area contributed by atoms with Crippen molar-refractivity contribution in [1.29, 1.82) is 0 Å². The van der Waals surface area contributed by atoms with Crippen LogP contribution in [0.25, 0.3) is 0 Å². The van der Waals surface area contributed by atoms with Gasteiger partial charge in [-0.2, -0.15) is 0 Å². The van der Waals surface area contributed by atoms with E-state index in [-0.39, 0.29) is 18.2 Å². The van der Waals surface area contributed by atoms with Gasteiger partial charge < -0.3 is 14.4 Å². The molecule has 1 aliphatic rings. The fraction of sp³-hybridized carbons (Fsp3) is 0.909. The van der Waals surface area contributed by atoms with Gasteiger partial charge in [0.15, 0.2) is 0 Å². The molecule has 0 aromatic heterocycles. The van der Waals surface area contributed by atoms with Gasteiger partial charge in [-0.1, -0.05) is 0 Å². The molecule has 0 heterocycles. The highest BCUT2D eigenvalue weighted by molar-refractivity contribution is 5.68. The molecule has 0 radical (unpaired) electrons. The summed E-state index contributed by atoms with van der Waals surface area (Å²) in [5, 5.41) is 0. The summed E-state index contributed by atoms with van der Waals surface area (Å²) in [5.74, 6) is 0. The molecule has 0 aromatic rings. The Bertz CT molecular complexity index is 232. The van der Waals surface area contributed by atoms with Crippen LogP contribution in [0.2, 0.25) is 0 Å². The van der Waals surface area contributed by atoms with Gasteiger partial charge >= 0.3 is 6.09 Å². The second kappa shape index (κ2) is 4.39. The zero-order valence-electron chi connectivity index (χ0n) is 10.2. The van der Waals surface area contributed by atoms with Crippen LogP contribution in [0.1, 0.15) is 33.6 Å². The van der Waals surface area contributed by atoms with E-state index in [1.54, 1.807) is 19.1 Å². The summed E-state index contributed by atoms with van der Waals surface area (Å²) in [4.78, 5) is 13.3. The Morgan fingerprint density at radius 3 is 2.27 bits per heavy atom. The highest BCUT2D eigenvalue weighted by Crippen LogP contribution is 2.28. The average molecular weight is 215 g/mol. The van der Waals surface area contributed by atoms with E-state index in [9.17, 15) is 4.79 Å². The molecule has 1 fully saturated rings. The number of carbonyl (C=O) groups excluding carboxylic acids is 1. The highest BCUT2D eigenvalue weighted by atomic mass is 16.6. The third kappa shape index (κ3) is 3.09. The number of rotatable bonds is 2. The highest BCUT2D eigenvalue weighted by Gasteiger charge is 2.37. The first kappa shape index (κ1) is 12.3. The lowest BCUT2D eigenvalue weighted by Crippen LogP contribution is -2.52. The molecule has 0 unspecified atom stereocenters. The van der Waals surface area contributed by atoms with Gasteiger partial charge in [0.1, 0.15) is 5.60 Å². The minimum absolute atomic E-state index is 0.169. The van der Waals surface area contributed by atoms with E-state index >= 15 is 0 Å². The van der Waals surface area contributed by atoms with E-state index in [1.807, 2.05) is 20.8 Å². The second-order valence-corrected chi connectivity index (χ2v) is 5.01. The number of hydrogen-bond acceptors (Lipinski definition) is 3. The first-order valence-electron chi connectivity index (χ1n) is 5.34. The molecule has 4 nitrogen and oxygen atoms in total. The molecule has 2 atom stereocenters. The van der Waals surface area contributed by atoms with Crippen molar-refractivity contribution in [2.24, 2.45) is 0 Å². The van der Waals surface area contributed by atoms with Crippen molar-refractivity contribution in [3.8, 4) is 0 Å². The summed E-state index contributed by atoms with van der Waals surface area (Å²) in [6.07, 6.45) is 1.92. The van der Waals surface area contributed by atoms with Crippen molar-refractivity contribution in [2.45, 2.75) is 51.4 Å². The Balaban J connectivity index is 2.46. The predicted molar refractivity (Wildman–Crippen MR) is 57.8 cm³/mol. The minimum atomic E-state index is -0.433. The standard InChI is InChI=1S/C11H21NO3/c1-11(2,3)15-10(13)12(4)8-6-7-9(8)14-5/h8-9H,6-7H2,1-5H3/t8-,9-/m1/s1. The molecule has 0 aromatic carbocycles. The number of methoxy groups -OCH3 is 1. The maximum Gasteiger partial charge on any atom is 0.410 e. The van der Waals surface area contributed by atoms with Crippen molar-refractivity contribution in [2.75, 3.05) is 14.2 Å². The smallest absolute Gasteiger partial charge is 0.410 e. The molecule has 4 heteroatoms. The quantitative estimate of drug-likeness (QED) is 0.707. The maximum absolute atomic E-state index is 11.7. The average Bonchev–Trinajstić information content (AvgIpc) is 1.99. The van der Waals surface area contributed by atoms with Gasteiger partial charge in [-0.15, -0.1) is 0 Å². The Morgan fingerprint density at radius 2 is 1.93 bits per heavy atom. The van der Waals surface area contributed by atoms with Gasteiger partial charge in [-0.25, -0.2) is 4.79 Å². The SMILES string of the molecule is CO[C@@H]1CC[C@H]1N(C)C(=O)OC(C)(C)C. The lowest BCUT2D eigenvalue weighted by Gasteiger charge is -2.41. The van der Waals surface area contributed by atoms with Crippen LogP contribution in [0, 0.1) is 0 Å². The Morgan fingerprint density at radius 1 is 1.33 bits per heavy atom. The normalized spacial score (nSPS) is 25.7. The molecule has 1 saturated carbocycles. The lowest BCUT2D eigenvalue weighted by molar-refractivity contribution is -0.0498. The molecule has 1 aliphatic carbocycles. The lowest BCUT2D eigenvalue weighted by atomic mass is 9.88. The molecule has 88 valence electrons. The number of hydrogen-bond donors (Lipinski definition) is 0. The van der Waals surface area contributed by atoms with Crippen molar-refractivity contribution in [1.82, 2.24) is 4.90 Å². The second-order valence-electron chi connectivity index (χ2n) is 5.01. The van der Waals surface area contributed by atoms with E-state index in [0.29, 0.717) is 0 Å². The van der Waals surface area contributed by atoms with Gasteiger partial charge in [0.2, 0.25) is 0 Å². The summed E-state index contributed by atoms with van der Waals surface area (Å²) in [5.41, 5.74) is -0.433. The third-order valence-electron chi connectivity index (χ3n) is 2.66. The van der Waals surface area contributed by atoms with E-state index in [2.05, 4.69) is 0 Å². The van der Waals surface area contributed by atoms with Crippen molar-refractivity contribution in [3.63, 3.8) is 0 Å². The van der Waals surface area contributed by atoms with Crippen LogP contribution in [0.5, 0.6) is 0 Å². The first-order chi connectivity index (χ1) is 6.85. The van der Waals surface area contributed by atoms with Gasteiger partial charge in [-0.3, -0.25) is 0 Å². The van der Waals surface area contributed by atoms with Crippen LogP contribution in [-0.2, 0) is 9.47 Å². The molecule has 0 saturated heterocycles. The molecule has 0 aliphatic heterocycles. The van der Waals surface area contributed by atoms with Crippen LogP contribution in [0.15, 0.2) is 0 Å². The number of carbonyl (C=O) groups is 1. The van der Waals surface area contributed by atoms with Gasteiger partial charge in [0, 0.05) is 14.2 Å². The molecule has 1 rings (SSSR count). The van der Waals surface area contributed by atoms with Gasteiger partial charge in [-0.05, 0) is 33.6 Å². The number of likely N-dealkylation sites (N-methyl/N-ethyl adjacent to an activating group) is 1. The largest absolute Gasteiger partial charge is 0.444 e. The zero-order valence-corrected chi connectivity index (χ0v) is 10.2. The Labute approximate surface area is 91.5 Å². The van der Waals surface area contributed by atoms with Crippen LogP contribution in [-0.4, -0.2) is 42.9 Å². The molecular weight excluding hydrogens is 194 g/mol. The first-order valence-corrected chi connectivity index (χ1v) is 5.34. The fourth-order valence-electron chi connectivity index (χ4n) is 1.64. The summed E-state index contributed by atoms with van der Waals surface area (Å²) in [6, 6.07) is 0.171. The van der Waals surface area contributed by atoms with Crippen molar-refractivity contribution in [3.05, 3.63) is 0 Å². The predicted octanol–water partition coefficient (Wildman–Crippen LogP) is 2.03. The van der Waals surface area contributed by atoms with Crippen molar-refractivity contribution >= 4 is 6.09 Å². The van der Waals surface area contributed by atoms with E-state index in [1.165, 1.54) is 0 Å². The van der Waals surface area contributed by atoms with E-state index in [4.69, 9.17) is 9.47 Å². The number of nitrogens with zero attached hydrogens (tertiary/aromatic N) is 1. The fourth-order valence-corrected chi connectivity index (χ4v) is 1.64. The molecule has 0 bridgehead atoms. The van der Waals surface area contributed by atoms with Gasteiger partial charge in [0.05, 0.1) is 12.1 Å². The van der Waals surface area contributed by atoms with Crippen LogP contribution in [0.4, 0.5) is 4.79 Å². The monoisotopic (exact) mass is 215 g/mol. The topological polar surface area (TPSA) is 38.8 Å². The van der Waals surface area contributed by atoms with Crippen molar-refractivity contribution < 1.29 is 14.3 Å². The van der Waals surface area contributed by atoms with Crippen LogP contribution in [0.3, 0.4) is 0 Å². The molecular formula is C11H21NO3. The molecule has 0 N–H and O–H groups in total. The number of amides is 1. The maximum atomic E-state index is 11.7. The minimum Gasteiger partial charge on any atom is -0.444 e. The number of ether oxygens (including phenoxy) is 2. The third-order valence-corrected chi connectivity index (χ3v) is 2.66. The Kier molecular flexibility index (Phi) is 3.60. The summed E-state index contributed by atoms with van der Waals surface area (Å²) in [7, 11) is 3.45. The molecule has 0 spiro atoms. The summed E-state index contributed by atoms with van der Waals surface area (Å²) in [6.45, 7) is 5.61. The molecule has 15 heavy (non-hydrogen) atoms. The summed E-state index contributed by atoms with van der Waals surface area (Å²) < 4.78 is 10.5. The van der Waals surface area contributed by atoms with E-state index < -0.39 is 5.60 Å². The van der Waals surface area contributed by atoms with Crippen LogP contribution >= 0.6 is 0 Å². The van der Waals surface area contributed by atoms with E-state index in [0.717, 1.165) is 12.8 Å². The van der Waals surface area contributed by atoms with Crippen LogP contribution < -0.4 is 0 Å². The molecule has 1 amide bonds. The Hall–Kier alpha value is -0.770. The summed E-state index contributed by atoms with van der Waals surface area (Å²) >= 11 is 0. The zero-order chi connectivity index (χ0) is 11.6.